The number of carbonyl (C=O) groups excluding carboxylic acids is 1. The van der Waals surface area contributed by atoms with Crippen molar-refractivity contribution in [1.82, 2.24) is 10.0 Å². The summed E-state index contributed by atoms with van der Waals surface area (Å²) in [6.45, 7) is 0.239. The largest absolute Gasteiger partial charge is 0.507 e. The Morgan fingerprint density at radius 2 is 2.06 bits per heavy atom. The summed E-state index contributed by atoms with van der Waals surface area (Å²) in [6, 6.07) is 4.51. The average molecular weight is 337 g/mol. The number of amides is 1. The molecule has 18 heavy (non-hydrogen) atoms. The molecule has 0 atom stereocenters. The topological polar surface area (TPSA) is 95.5 Å². The number of nitrogens with one attached hydrogen (secondary N) is 2. The summed E-state index contributed by atoms with van der Waals surface area (Å²) < 4.78 is 24.4. The number of halogens is 1. The molecule has 0 aliphatic carbocycles. The van der Waals surface area contributed by atoms with Crippen LogP contribution in [-0.4, -0.2) is 38.8 Å². The minimum absolute atomic E-state index is 0.0991. The summed E-state index contributed by atoms with van der Waals surface area (Å²) in [4.78, 5) is 11.6. The van der Waals surface area contributed by atoms with Gasteiger partial charge in [0, 0.05) is 17.6 Å². The molecule has 1 rings (SSSR count). The molecule has 0 radical (unpaired) electrons. The van der Waals surface area contributed by atoms with Crippen LogP contribution >= 0.6 is 15.9 Å². The van der Waals surface area contributed by atoms with Gasteiger partial charge in [-0.25, -0.2) is 13.1 Å². The summed E-state index contributed by atoms with van der Waals surface area (Å²) in [7, 11) is -3.26. The van der Waals surface area contributed by atoms with Gasteiger partial charge in [0.15, 0.2) is 0 Å². The van der Waals surface area contributed by atoms with E-state index < -0.39 is 15.9 Å². The number of phenols is 1. The van der Waals surface area contributed by atoms with E-state index in [0.29, 0.717) is 4.47 Å². The van der Waals surface area contributed by atoms with E-state index in [-0.39, 0.29) is 24.4 Å². The number of rotatable bonds is 5. The van der Waals surface area contributed by atoms with Gasteiger partial charge in [-0.1, -0.05) is 15.9 Å². The van der Waals surface area contributed by atoms with E-state index in [1.54, 1.807) is 6.07 Å². The van der Waals surface area contributed by atoms with E-state index in [9.17, 15) is 18.3 Å². The normalized spacial score (nSPS) is 11.2. The van der Waals surface area contributed by atoms with Crippen LogP contribution in [0.4, 0.5) is 0 Å². The lowest BCUT2D eigenvalue weighted by molar-refractivity contribution is 0.0951. The van der Waals surface area contributed by atoms with Crippen LogP contribution in [0.3, 0.4) is 0 Å². The van der Waals surface area contributed by atoms with Gasteiger partial charge in [0.25, 0.3) is 5.91 Å². The highest BCUT2D eigenvalue weighted by molar-refractivity contribution is 9.10. The van der Waals surface area contributed by atoms with Gasteiger partial charge in [0.05, 0.1) is 11.8 Å². The minimum Gasteiger partial charge on any atom is -0.507 e. The van der Waals surface area contributed by atoms with Crippen molar-refractivity contribution < 1.29 is 18.3 Å². The minimum atomic E-state index is -3.26. The molecular formula is C10H13BrN2O4S. The van der Waals surface area contributed by atoms with Crippen LogP contribution in [0.5, 0.6) is 5.75 Å². The van der Waals surface area contributed by atoms with E-state index in [1.165, 1.54) is 12.1 Å². The van der Waals surface area contributed by atoms with E-state index in [1.807, 2.05) is 0 Å². The summed E-state index contributed by atoms with van der Waals surface area (Å²) in [5.74, 6) is -0.603. The Bertz CT molecular complexity index is 545. The van der Waals surface area contributed by atoms with Crippen molar-refractivity contribution in [3.05, 3.63) is 28.2 Å². The number of aromatic hydroxyl groups is 1. The standard InChI is InChI=1S/C10H13BrN2O4S/c1-18(16,17)13-5-4-12-10(15)8-3-2-7(11)6-9(8)14/h2-3,6,13-14H,4-5H2,1H3,(H,12,15). The Labute approximate surface area is 114 Å². The number of hydrogen-bond acceptors (Lipinski definition) is 4. The number of benzene rings is 1. The van der Waals surface area contributed by atoms with Crippen LogP contribution < -0.4 is 10.0 Å². The number of sulfonamides is 1. The van der Waals surface area contributed by atoms with Gasteiger partial charge in [-0.2, -0.15) is 0 Å². The van der Waals surface area contributed by atoms with Gasteiger partial charge < -0.3 is 10.4 Å². The van der Waals surface area contributed by atoms with Gasteiger partial charge in [-0.3, -0.25) is 4.79 Å². The Hall–Kier alpha value is -1.12. The molecule has 0 bridgehead atoms. The third-order valence-corrected chi connectivity index (χ3v) is 3.20. The Kier molecular flexibility index (Phi) is 5.12. The highest BCUT2D eigenvalue weighted by Gasteiger charge is 2.10. The van der Waals surface area contributed by atoms with Crippen molar-refractivity contribution in [3.63, 3.8) is 0 Å². The van der Waals surface area contributed by atoms with Crippen LogP contribution in [0.25, 0.3) is 0 Å². The van der Waals surface area contributed by atoms with Gasteiger partial charge in [0.1, 0.15) is 5.75 Å². The predicted molar refractivity (Wildman–Crippen MR) is 71.0 cm³/mol. The van der Waals surface area contributed by atoms with E-state index in [0.717, 1.165) is 6.26 Å². The monoisotopic (exact) mass is 336 g/mol. The molecule has 6 nitrogen and oxygen atoms in total. The molecular weight excluding hydrogens is 324 g/mol. The van der Waals surface area contributed by atoms with Crippen molar-refractivity contribution in [2.24, 2.45) is 0 Å². The Balaban J connectivity index is 2.51. The molecule has 3 N–H and O–H groups in total. The first kappa shape index (κ1) is 14.9. The second-order valence-electron chi connectivity index (χ2n) is 3.58. The maximum Gasteiger partial charge on any atom is 0.255 e. The molecule has 1 aromatic rings. The Morgan fingerprint density at radius 3 is 2.61 bits per heavy atom. The molecule has 0 aliphatic rings. The lowest BCUT2D eigenvalue weighted by Gasteiger charge is -2.07. The molecule has 0 saturated heterocycles. The fourth-order valence-electron chi connectivity index (χ4n) is 1.20. The van der Waals surface area contributed by atoms with Gasteiger partial charge >= 0.3 is 0 Å². The second kappa shape index (κ2) is 6.17. The van der Waals surface area contributed by atoms with Gasteiger partial charge in [0.2, 0.25) is 10.0 Å². The molecule has 0 aromatic heterocycles. The predicted octanol–water partition coefficient (Wildman–Crippen LogP) is 0.434. The van der Waals surface area contributed by atoms with Crippen molar-refractivity contribution in [2.75, 3.05) is 19.3 Å². The van der Waals surface area contributed by atoms with Crippen LogP contribution in [0.15, 0.2) is 22.7 Å². The molecule has 100 valence electrons. The summed E-state index contributed by atoms with van der Waals surface area (Å²) in [6.07, 6.45) is 1.04. The molecule has 0 spiro atoms. The van der Waals surface area contributed by atoms with Crippen LogP contribution in [0.2, 0.25) is 0 Å². The van der Waals surface area contributed by atoms with Crippen LogP contribution in [-0.2, 0) is 10.0 Å². The highest BCUT2D eigenvalue weighted by atomic mass is 79.9. The molecule has 0 fully saturated rings. The average Bonchev–Trinajstić information content (AvgIpc) is 2.22. The summed E-state index contributed by atoms with van der Waals surface area (Å²) in [5, 5.41) is 12.0. The molecule has 0 unspecified atom stereocenters. The fourth-order valence-corrected chi connectivity index (χ4v) is 2.03. The van der Waals surface area contributed by atoms with E-state index in [2.05, 4.69) is 26.0 Å². The third-order valence-electron chi connectivity index (χ3n) is 1.98. The molecule has 0 heterocycles. The van der Waals surface area contributed by atoms with Crippen molar-refractivity contribution in [2.45, 2.75) is 0 Å². The van der Waals surface area contributed by atoms with E-state index in [4.69, 9.17) is 0 Å². The van der Waals surface area contributed by atoms with Gasteiger partial charge in [-0.05, 0) is 18.2 Å². The highest BCUT2D eigenvalue weighted by Crippen LogP contribution is 2.21. The molecule has 8 heteroatoms. The second-order valence-corrected chi connectivity index (χ2v) is 6.33. The van der Waals surface area contributed by atoms with Crippen LogP contribution in [0.1, 0.15) is 10.4 Å². The maximum atomic E-state index is 11.6. The SMILES string of the molecule is CS(=O)(=O)NCCNC(=O)c1ccc(Br)cc1O. The molecule has 1 aromatic carbocycles. The summed E-state index contributed by atoms with van der Waals surface area (Å²) >= 11 is 3.16. The fraction of sp³-hybridized carbons (Fsp3) is 0.300. The smallest absolute Gasteiger partial charge is 0.255 e. The van der Waals surface area contributed by atoms with Crippen molar-refractivity contribution in [1.29, 1.82) is 0 Å². The summed E-state index contributed by atoms with van der Waals surface area (Å²) in [5.41, 5.74) is 0.137. The molecule has 0 aliphatic heterocycles. The zero-order valence-corrected chi connectivity index (χ0v) is 12.0. The van der Waals surface area contributed by atoms with Crippen molar-refractivity contribution in [3.8, 4) is 5.75 Å². The number of hydrogen-bond donors (Lipinski definition) is 3. The molecule has 1 amide bonds. The quantitative estimate of drug-likeness (QED) is 0.679. The Morgan fingerprint density at radius 1 is 1.39 bits per heavy atom. The van der Waals surface area contributed by atoms with Gasteiger partial charge in [-0.15, -0.1) is 0 Å². The van der Waals surface area contributed by atoms with Crippen LogP contribution in [0, 0.1) is 0 Å². The lowest BCUT2D eigenvalue weighted by Crippen LogP contribution is -2.34. The third kappa shape index (κ3) is 5.03. The first-order valence-electron chi connectivity index (χ1n) is 5.01. The number of carbonyl (C=O) groups is 1. The van der Waals surface area contributed by atoms with Crippen molar-refractivity contribution >= 4 is 31.9 Å². The first-order chi connectivity index (χ1) is 8.29. The maximum absolute atomic E-state index is 11.6. The molecule has 0 saturated carbocycles. The van der Waals surface area contributed by atoms with E-state index >= 15 is 0 Å². The first-order valence-corrected chi connectivity index (χ1v) is 7.69. The zero-order chi connectivity index (χ0) is 13.8. The lowest BCUT2D eigenvalue weighted by atomic mass is 10.2. The number of phenolic OH excluding ortho intramolecular Hbond substituents is 1. The zero-order valence-electron chi connectivity index (χ0n) is 9.60.